The van der Waals surface area contributed by atoms with E-state index >= 15 is 0 Å². The van der Waals surface area contributed by atoms with Crippen molar-refractivity contribution >= 4 is 11.8 Å². The first-order valence-electron chi connectivity index (χ1n) is 12.0. The molecular formula is C26H32N4O3. The number of carbonyl (C=O) groups excluding carboxylic acids is 2. The quantitative estimate of drug-likeness (QED) is 0.759. The molecule has 1 N–H and O–H groups in total. The number of piperidine rings is 1. The van der Waals surface area contributed by atoms with E-state index in [1.165, 1.54) is 0 Å². The predicted molar refractivity (Wildman–Crippen MR) is 127 cm³/mol. The number of nitrogens with zero attached hydrogens (tertiary/aromatic N) is 3. The van der Waals surface area contributed by atoms with Gasteiger partial charge in [-0.1, -0.05) is 18.2 Å². The maximum Gasteiger partial charge on any atom is 0.253 e. The van der Waals surface area contributed by atoms with Gasteiger partial charge in [-0.05, 0) is 62.3 Å². The summed E-state index contributed by atoms with van der Waals surface area (Å²) in [7, 11) is 0. The third kappa shape index (κ3) is 5.04. The Morgan fingerprint density at radius 1 is 0.758 bits per heavy atom. The van der Waals surface area contributed by atoms with Crippen LogP contribution in [0.3, 0.4) is 0 Å². The Balaban J connectivity index is 1.07. The van der Waals surface area contributed by atoms with Gasteiger partial charge in [0.2, 0.25) is 0 Å². The summed E-state index contributed by atoms with van der Waals surface area (Å²) in [5.74, 6) is 1.02. The molecule has 2 amide bonds. The third-order valence-corrected chi connectivity index (χ3v) is 6.98. The first kappa shape index (κ1) is 21.9. The van der Waals surface area contributed by atoms with Crippen LogP contribution in [0, 0.1) is 0 Å². The lowest BCUT2D eigenvalue weighted by Crippen LogP contribution is -2.64. The summed E-state index contributed by atoms with van der Waals surface area (Å²) in [6.07, 6.45) is 2.29. The van der Waals surface area contributed by atoms with Crippen LogP contribution >= 0.6 is 0 Å². The van der Waals surface area contributed by atoms with E-state index in [2.05, 4.69) is 10.2 Å². The second-order valence-corrected chi connectivity index (χ2v) is 9.15. The van der Waals surface area contributed by atoms with Gasteiger partial charge in [0, 0.05) is 56.4 Å². The van der Waals surface area contributed by atoms with E-state index < -0.39 is 0 Å². The van der Waals surface area contributed by atoms with Crippen molar-refractivity contribution in [1.82, 2.24) is 20.0 Å². The number of likely N-dealkylation sites (tertiary alicyclic amines) is 1. The van der Waals surface area contributed by atoms with E-state index in [4.69, 9.17) is 4.74 Å². The molecule has 5 rings (SSSR count). The van der Waals surface area contributed by atoms with Gasteiger partial charge >= 0.3 is 0 Å². The number of carbonyl (C=O) groups is 2. The number of amides is 2. The van der Waals surface area contributed by atoms with Crippen molar-refractivity contribution < 1.29 is 14.3 Å². The first-order valence-corrected chi connectivity index (χ1v) is 12.0. The highest BCUT2D eigenvalue weighted by molar-refractivity contribution is 5.95. The van der Waals surface area contributed by atoms with Gasteiger partial charge in [-0.25, -0.2) is 0 Å². The molecule has 174 valence electrons. The Hall–Kier alpha value is -2.90. The molecule has 3 heterocycles. The average Bonchev–Trinajstić information content (AvgIpc) is 2.85. The lowest BCUT2D eigenvalue weighted by atomic mass is 10.0. The number of piperazine rings is 1. The van der Waals surface area contributed by atoms with Crippen molar-refractivity contribution in [3.63, 3.8) is 0 Å². The molecule has 3 aliphatic heterocycles. The van der Waals surface area contributed by atoms with Gasteiger partial charge < -0.3 is 19.9 Å². The van der Waals surface area contributed by atoms with E-state index in [1.54, 1.807) is 0 Å². The van der Waals surface area contributed by atoms with Crippen LogP contribution in [0.2, 0.25) is 0 Å². The molecule has 2 aromatic carbocycles. The van der Waals surface area contributed by atoms with Crippen LogP contribution in [0.4, 0.5) is 0 Å². The van der Waals surface area contributed by atoms with Crippen molar-refractivity contribution in [2.75, 3.05) is 52.4 Å². The summed E-state index contributed by atoms with van der Waals surface area (Å²) in [6.45, 7) is 6.67. The van der Waals surface area contributed by atoms with Gasteiger partial charge in [-0.2, -0.15) is 0 Å². The number of hydrogen-bond donors (Lipinski definition) is 1. The second kappa shape index (κ2) is 9.93. The highest BCUT2D eigenvalue weighted by Gasteiger charge is 2.37. The highest BCUT2D eigenvalue weighted by Crippen LogP contribution is 2.22. The molecule has 2 aromatic rings. The zero-order valence-corrected chi connectivity index (χ0v) is 19.0. The predicted octanol–water partition coefficient (Wildman–Crippen LogP) is 2.10. The topological polar surface area (TPSA) is 65.1 Å². The molecule has 7 nitrogen and oxygen atoms in total. The second-order valence-electron chi connectivity index (χ2n) is 9.15. The fraction of sp³-hybridized carbons (Fsp3) is 0.462. The molecule has 0 aliphatic carbocycles. The summed E-state index contributed by atoms with van der Waals surface area (Å²) in [5, 5.41) is 3.34. The van der Waals surface area contributed by atoms with Crippen LogP contribution in [0.1, 0.15) is 33.6 Å². The fourth-order valence-corrected chi connectivity index (χ4v) is 4.87. The van der Waals surface area contributed by atoms with Crippen LogP contribution in [-0.4, -0.2) is 91.0 Å². The molecule has 0 bridgehead atoms. The molecule has 3 saturated heterocycles. The average molecular weight is 449 g/mol. The molecule has 0 radical (unpaired) electrons. The Kier molecular flexibility index (Phi) is 6.60. The van der Waals surface area contributed by atoms with Crippen molar-refractivity contribution in [3.05, 3.63) is 65.7 Å². The number of benzene rings is 2. The number of hydrogen-bond acceptors (Lipinski definition) is 5. The van der Waals surface area contributed by atoms with Gasteiger partial charge in [0.25, 0.3) is 11.8 Å². The third-order valence-electron chi connectivity index (χ3n) is 6.98. The minimum atomic E-state index is 0.0811. The van der Waals surface area contributed by atoms with Crippen LogP contribution in [0.25, 0.3) is 0 Å². The van der Waals surface area contributed by atoms with E-state index in [0.717, 1.165) is 76.5 Å². The van der Waals surface area contributed by atoms with Crippen LogP contribution in [-0.2, 0) is 0 Å². The van der Waals surface area contributed by atoms with Crippen molar-refractivity contribution in [3.8, 4) is 5.75 Å². The van der Waals surface area contributed by atoms with Crippen LogP contribution in [0.15, 0.2) is 54.6 Å². The van der Waals surface area contributed by atoms with E-state index in [9.17, 15) is 9.59 Å². The smallest absolute Gasteiger partial charge is 0.253 e. The van der Waals surface area contributed by atoms with Crippen molar-refractivity contribution in [1.29, 1.82) is 0 Å². The molecule has 3 fully saturated rings. The summed E-state index contributed by atoms with van der Waals surface area (Å²) >= 11 is 0. The minimum absolute atomic E-state index is 0.0811. The number of ether oxygens (including phenoxy) is 1. The molecule has 3 aliphatic rings. The lowest BCUT2D eigenvalue weighted by molar-refractivity contribution is 0.00853. The largest absolute Gasteiger partial charge is 0.490 e. The molecule has 33 heavy (non-hydrogen) atoms. The van der Waals surface area contributed by atoms with Crippen molar-refractivity contribution in [2.45, 2.75) is 25.0 Å². The van der Waals surface area contributed by atoms with Gasteiger partial charge in [-0.3, -0.25) is 14.5 Å². The van der Waals surface area contributed by atoms with E-state index in [1.807, 2.05) is 64.4 Å². The minimum Gasteiger partial charge on any atom is -0.490 e. The standard InChI is InChI=1S/C26H32N4O3/c31-25(20-4-2-1-3-5-20)29-16-14-28(15-17-29)22-18-30(19-22)26(32)21-6-8-23(9-7-21)33-24-10-12-27-13-11-24/h1-9,22,24,27H,10-19H2. The molecule has 0 unspecified atom stereocenters. The Morgan fingerprint density at radius 3 is 2.03 bits per heavy atom. The summed E-state index contributed by atoms with van der Waals surface area (Å²) in [6, 6.07) is 17.4. The monoisotopic (exact) mass is 448 g/mol. The molecule has 7 heteroatoms. The zero-order chi connectivity index (χ0) is 22.6. The SMILES string of the molecule is O=C(c1ccccc1)N1CCN(C2CN(C(=O)c3ccc(OC4CCNCC4)cc3)C2)CC1. The summed E-state index contributed by atoms with van der Waals surface area (Å²) < 4.78 is 6.04. The van der Waals surface area contributed by atoms with Gasteiger partial charge in [0.1, 0.15) is 11.9 Å². The van der Waals surface area contributed by atoms with E-state index in [0.29, 0.717) is 11.6 Å². The van der Waals surface area contributed by atoms with Crippen LogP contribution in [0.5, 0.6) is 5.75 Å². The van der Waals surface area contributed by atoms with Gasteiger partial charge in [-0.15, -0.1) is 0 Å². The Morgan fingerprint density at radius 2 is 1.36 bits per heavy atom. The number of nitrogens with one attached hydrogen (secondary N) is 1. The highest BCUT2D eigenvalue weighted by atomic mass is 16.5. The fourth-order valence-electron chi connectivity index (χ4n) is 4.87. The molecule has 0 saturated carbocycles. The van der Waals surface area contributed by atoms with E-state index in [-0.39, 0.29) is 17.9 Å². The van der Waals surface area contributed by atoms with Crippen molar-refractivity contribution in [2.24, 2.45) is 0 Å². The maximum absolute atomic E-state index is 12.9. The Bertz CT molecular complexity index is 945. The maximum atomic E-state index is 12.9. The van der Waals surface area contributed by atoms with Gasteiger partial charge in [0.05, 0.1) is 0 Å². The Labute approximate surface area is 195 Å². The normalized spacial score (nSPS) is 20.4. The number of rotatable bonds is 5. The molecule has 0 aromatic heterocycles. The van der Waals surface area contributed by atoms with Gasteiger partial charge in [0.15, 0.2) is 0 Å². The molecule has 0 spiro atoms. The summed E-state index contributed by atoms with van der Waals surface area (Å²) in [4.78, 5) is 31.8. The van der Waals surface area contributed by atoms with Crippen LogP contribution < -0.4 is 10.1 Å². The lowest BCUT2D eigenvalue weighted by Gasteiger charge is -2.48. The summed E-state index contributed by atoms with van der Waals surface area (Å²) in [5.41, 5.74) is 1.46. The zero-order valence-electron chi connectivity index (χ0n) is 19.0. The first-order chi connectivity index (χ1) is 16.2. The molecular weight excluding hydrogens is 416 g/mol. The molecule has 0 atom stereocenters.